The number of aromatic nitrogens is 1. The monoisotopic (exact) mass is 360 g/mol. The van der Waals surface area contributed by atoms with E-state index >= 15 is 0 Å². The van der Waals surface area contributed by atoms with Crippen LogP contribution in [0, 0.1) is 0 Å². The molecule has 1 unspecified atom stereocenters. The molecule has 2 N–H and O–H groups in total. The molecule has 1 saturated heterocycles. The van der Waals surface area contributed by atoms with E-state index in [2.05, 4.69) is 15.6 Å². The maximum absolute atomic E-state index is 12.5. The van der Waals surface area contributed by atoms with Gasteiger partial charge >= 0.3 is 6.03 Å². The third-order valence-electron chi connectivity index (χ3n) is 3.94. The van der Waals surface area contributed by atoms with E-state index in [1.54, 1.807) is 23.4 Å². The first-order valence-electron chi connectivity index (χ1n) is 8.28. The number of pyridine rings is 1. The smallest absolute Gasteiger partial charge is 0.320 e. The van der Waals surface area contributed by atoms with Crippen molar-refractivity contribution in [3.63, 3.8) is 0 Å². The molecule has 0 saturated carbocycles. The van der Waals surface area contributed by atoms with E-state index in [1.807, 2.05) is 30.3 Å². The van der Waals surface area contributed by atoms with E-state index < -0.39 is 6.23 Å². The van der Waals surface area contributed by atoms with E-state index in [0.717, 1.165) is 18.7 Å². The number of piperazine rings is 1. The summed E-state index contributed by atoms with van der Waals surface area (Å²) in [5.74, 6) is 0.613. The summed E-state index contributed by atoms with van der Waals surface area (Å²) in [4.78, 5) is 18.4. The van der Waals surface area contributed by atoms with Crippen molar-refractivity contribution < 1.29 is 9.53 Å². The molecule has 25 heavy (non-hydrogen) atoms. The van der Waals surface area contributed by atoms with Gasteiger partial charge in [-0.2, -0.15) is 0 Å². The quantitative estimate of drug-likeness (QED) is 0.803. The molecule has 2 heterocycles. The average Bonchev–Trinajstić information content (AvgIpc) is 2.65. The van der Waals surface area contributed by atoms with Gasteiger partial charge in [0.25, 0.3) is 0 Å². The SMILES string of the molecule is O=C(NC(Cc1ccc(Cl)cc1)Oc1cccnc1)N1CCNCC1. The Bertz CT molecular complexity index is 675. The molecule has 7 heteroatoms. The van der Waals surface area contributed by atoms with Crippen LogP contribution in [0.5, 0.6) is 5.75 Å². The number of carbonyl (C=O) groups is 1. The highest BCUT2D eigenvalue weighted by Crippen LogP contribution is 2.14. The molecule has 132 valence electrons. The summed E-state index contributed by atoms with van der Waals surface area (Å²) in [6, 6.07) is 11.0. The van der Waals surface area contributed by atoms with Crippen LogP contribution in [0.4, 0.5) is 4.79 Å². The van der Waals surface area contributed by atoms with Crippen molar-refractivity contribution in [1.82, 2.24) is 20.5 Å². The van der Waals surface area contributed by atoms with Gasteiger partial charge in [0.2, 0.25) is 0 Å². The van der Waals surface area contributed by atoms with Gasteiger partial charge in [0.1, 0.15) is 5.75 Å². The third-order valence-corrected chi connectivity index (χ3v) is 4.19. The van der Waals surface area contributed by atoms with Crippen LogP contribution in [0.1, 0.15) is 5.56 Å². The molecule has 2 aromatic rings. The maximum Gasteiger partial charge on any atom is 0.320 e. The Labute approximate surface area is 152 Å². The number of amides is 2. The molecule has 1 aromatic carbocycles. The first kappa shape index (κ1) is 17.5. The van der Waals surface area contributed by atoms with Crippen LogP contribution in [0.3, 0.4) is 0 Å². The van der Waals surface area contributed by atoms with Crippen LogP contribution in [0.2, 0.25) is 5.02 Å². The van der Waals surface area contributed by atoms with Crippen LogP contribution < -0.4 is 15.4 Å². The average molecular weight is 361 g/mol. The highest BCUT2D eigenvalue weighted by Gasteiger charge is 2.21. The van der Waals surface area contributed by atoms with Gasteiger partial charge in [0.15, 0.2) is 6.23 Å². The van der Waals surface area contributed by atoms with E-state index in [1.165, 1.54) is 0 Å². The van der Waals surface area contributed by atoms with Gasteiger partial charge in [0, 0.05) is 43.8 Å². The topological polar surface area (TPSA) is 66.5 Å². The normalized spacial score (nSPS) is 15.5. The van der Waals surface area contributed by atoms with Crippen LogP contribution in [-0.4, -0.2) is 48.3 Å². The van der Waals surface area contributed by atoms with Gasteiger partial charge < -0.3 is 20.3 Å². The molecule has 1 aliphatic heterocycles. The number of halogens is 1. The lowest BCUT2D eigenvalue weighted by Gasteiger charge is -2.30. The summed E-state index contributed by atoms with van der Waals surface area (Å²) in [5, 5.41) is 6.89. The fraction of sp³-hybridized carbons (Fsp3) is 0.333. The number of ether oxygens (including phenoxy) is 1. The van der Waals surface area contributed by atoms with Crippen LogP contribution in [0.15, 0.2) is 48.8 Å². The van der Waals surface area contributed by atoms with Crippen molar-refractivity contribution in [2.45, 2.75) is 12.6 Å². The fourth-order valence-corrected chi connectivity index (χ4v) is 2.76. The Morgan fingerprint density at radius 3 is 2.72 bits per heavy atom. The van der Waals surface area contributed by atoms with Gasteiger partial charge in [-0.15, -0.1) is 0 Å². The summed E-state index contributed by atoms with van der Waals surface area (Å²) < 4.78 is 5.94. The van der Waals surface area contributed by atoms with E-state index in [-0.39, 0.29) is 6.03 Å². The molecular weight excluding hydrogens is 340 g/mol. The van der Waals surface area contributed by atoms with Crippen molar-refractivity contribution in [3.8, 4) is 5.75 Å². The van der Waals surface area contributed by atoms with Gasteiger partial charge in [0.05, 0.1) is 6.20 Å². The lowest BCUT2D eigenvalue weighted by atomic mass is 10.1. The zero-order chi connectivity index (χ0) is 17.5. The Hall–Kier alpha value is -2.31. The Balaban J connectivity index is 1.68. The zero-order valence-electron chi connectivity index (χ0n) is 13.8. The standard InChI is InChI=1S/C18H21ClN4O2/c19-15-5-3-14(4-6-15)12-17(25-16-2-1-7-21-13-16)22-18(24)23-10-8-20-9-11-23/h1-7,13,17,20H,8-12H2,(H,22,24). The number of hydrogen-bond acceptors (Lipinski definition) is 4. The second kappa shape index (κ2) is 8.69. The predicted molar refractivity (Wildman–Crippen MR) is 96.8 cm³/mol. The summed E-state index contributed by atoms with van der Waals surface area (Å²) in [5.41, 5.74) is 1.03. The Kier molecular flexibility index (Phi) is 6.09. The molecule has 0 spiro atoms. The lowest BCUT2D eigenvalue weighted by Crippen LogP contribution is -2.53. The number of nitrogens with one attached hydrogen (secondary N) is 2. The molecule has 2 amide bonds. The maximum atomic E-state index is 12.5. The third kappa shape index (κ3) is 5.34. The number of rotatable bonds is 5. The summed E-state index contributed by atoms with van der Waals surface area (Å²) in [6.07, 6.45) is 3.35. The Morgan fingerprint density at radius 2 is 2.04 bits per heavy atom. The summed E-state index contributed by atoms with van der Waals surface area (Å²) in [6.45, 7) is 2.98. The molecule has 1 atom stereocenters. The van der Waals surface area contributed by atoms with Gasteiger partial charge in [-0.1, -0.05) is 23.7 Å². The van der Waals surface area contributed by atoms with Crippen molar-refractivity contribution in [2.24, 2.45) is 0 Å². The minimum atomic E-state index is -0.493. The number of urea groups is 1. The number of carbonyl (C=O) groups excluding carboxylic acids is 1. The number of benzene rings is 1. The largest absolute Gasteiger partial charge is 0.469 e. The first-order chi connectivity index (χ1) is 12.2. The van der Waals surface area contributed by atoms with Gasteiger partial charge in [-0.3, -0.25) is 4.98 Å². The fourth-order valence-electron chi connectivity index (χ4n) is 2.63. The minimum absolute atomic E-state index is 0.121. The predicted octanol–water partition coefficient (Wildman–Crippen LogP) is 2.30. The molecular formula is C18H21ClN4O2. The highest BCUT2D eigenvalue weighted by molar-refractivity contribution is 6.30. The number of nitrogens with zero attached hydrogens (tertiary/aromatic N) is 2. The number of hydrogen-bond donors (Lipinski definition) is 2. The summed E-state index contributed by atoms with van der Waals surface area (Å²) in [7, 11) is 0. The van der Waals surface area contributed by atoms with E-state index in [4.69, 9.17) is 16.3 Å². The second-order valence-corrected chi connectivity index (χ2v) is 6.25. The molecule has 6 nitrogen and oxygen atoms in total. The van der Waals surface area contributed by atoms with Crippen LogP contribution in [0.25, 0.3) is 0 Å². The lowest BCUT2D eigenvalue weighted by molar-refractivity contribution is 0.139. The Morgan fingerprint density at radius 1 is 1.28 bits per heavy atom. The molecule has 1 fully saturated rings. The van der Waals surface area contributed by atoms with Gasteiger partial charge in [-0.05, 0) is 29.8 Å². The van der Waals surface area contributed by atoms with E-state index in [0.29, 0.717) is 30.3 Å². The first-order valence-corrected chi connectivity index (χ1v) is 8.66. The summed E-state index contributed by atoms with van der Waals surface area (Å²) >= 11 is 5.94. The molecule has 3 rings (SSSR count). The minimum Gasteiger partial charge on any atom is -0.469 e. The van der Waals surface area contributed by atoms with Crippen molar-refractivity contribution in [1.29, 1.82) is 0 Å². The molecule has 0 aliphatic carbocycles. The molecule has 0 bridgehead atoms. The van der Waals surface area contributed by atoms with Crippen LogP contribution >= 0.6 is 11.6 Å². The van der Waals surface area contributed by atoms with Crippen molar-refractivity contribution >= 4 is 17.6 Å². The molecule has 0 radical (unpaired) electrons. The van der Waals surface area contributed by atoms with Gasteiger partial charge in [-0.25, -0.2) is 4.79 Å². The highest BCUT2D eigenvalue weighted by atomic mass is 35.5. The van der Waals surface area contributed by atoms with E-state index in [9.17, 15) is 4.79 Å². The molecule has 1 aromatic heterocycles. The van der Waals surface area contributed by atoms with Crippen molar-refractivity contribution in [3.05, 3.63) is 59.4 Å². The molecule has 1 aliphatic rings. The second-order valence-electron chi connectivity index (χ2n) is 5.81. The zero-order valence-corrected chi connectivity index (χ0v) is 14.6. The van der Waals surface area contributed by atoms with Crippen LogP contribution in [-0.2, 0) is 6.42 Å². The van der Waals surface area contributed by atoms with Crippen molar-refractivity contribution in [2.75, 3.05) is 26.2 Å².